The van der Waals surface area contributed by atoms with Crippen LogP contribution in [0.1, 0.15) is 24.8 Å². The van der Waals surface area contributed by atoms with Crippen LogP contribution in [0.25, 0.3) is 0 Å². The molecule has 2 aliphatic rings. The van der Waals surface area contributed by atoms with Crippen molar-refractivity contribution in [1.29, 1.82) is 0 Å². The van der Waals surface area contributed by atoms with Crippen molar-refractivity contribution in [3.8, 4) is 0 Å². The first-order valence-corrected chi connectivity index (χ1v) is 10.4. The third kappa shape index (κ3) is 6.38. The Bertz CT molecular complexity index is 780. The monoisotopic (exact) mass is 472 g/mol. The fourth-order valence-electron chi connectivity index (χ4n) is 4.02. The van der Waals surface area contributed by atoms with Gasteiger partial charge in [0.15, 0.2) is 0 Å². The molecule has 174 valence electrons. The number of nitrogens with zero attached hydrogens (tertiary/aromatic N) is 4. The Morgan fingerprint density at radius 2 is 1.71 bits per heavy atom. The molecule has 2 fully saturated rings. The second-order valence-electron chi connectivity index (χ2n) is 7.86. The summed E-state index contributed by atoms with van der Waals surface area (Å²) >= 11 is 6.00. The first-order valence-electron chi connectivity index (χ1n) is 9.99. The summed E-state index contributed by atoms with van der Waals surface area (Å²) in [6.07, 6.45) is -6.63. The van der Waals surface area contributed by atoms with Crippen LogP contribution in [0.2, 0.25) is 5.02 Å². The number of rotatable bonds is 3. The zero-order valence-electron chi connectivity index (χ0n) is 16.6. The summed E-state index contributed by atoms with van der Waals surface area (Å²) in [4.78, 5) is 21.4. The molecule has 3 heterocycles. The van der Waals surface area contributed by atoms with Crippen molar-refractivity contribution in [2.75, 3.05) is 50.7 Å². The van der Waals surface area contributed by atoms with E-state index < -0.39 is 24.5 Å². The van der Waals surface area contributed by atoms with Crippen LogP contribution in [0.5, 0.6) is 0 Å². The van der Waals surface area contributed by atoms with Crippen LogP contribution in [0.4, 0.5) is 32.2 Å². The summed E-state index contributed by atoms with van der Waals surface area (Å²) in [5.74, 6) is -0.114. The Kier molecular flexibility index (Phi) is 7.25. The topological polar surface area (TPSA) is 39.7 Å². The van der Waals surface area contributed by atoms with Gasteiger partial charge in [0.25, 0.3) is 0 Å². The van der Waals surface area contributed by atoms with Crippen molar-refractivity contribution in [2.24, 2.45) is 5.92 Å². The molecule has 0 unspecified atom stereocenters. The number of aromatic nitrogens is 1. The normalized spacial score (nSPS) is 20.1. The number of halogens is 7. The molecule has 2 saturated heterocycles. The molecule has 3 rings (SSSR count). The van der Waals surface area contributed by atoms with E-state index in [1.165, 1.54) is 4.90 Å². The molecule has 0 saturated carbocycles. The summed E-state index contributed by atoms with van der Waals surface area (Å²) in [7, 11) is 0. The Balaban J connectivity index is 1.54. The molecule has 0 spiro atoms. The Hall–Kier alpha value is -1.75. The first-order chi connectivity index (χ1) is 14.4. The minimum absolute atomic E-state index is 0.0833. The molecule has 0 radical (unpaired) electrons. The van der Waals surface area contributed by atoms with Crippen molar-refractivity contribution in [1.82, 2.24) is 14.8 Å². The fourth-order valence-corrected chi connectivity index (χ4v) is 4.30. The highest BCUT2D eigenvalue weighted by molar-refractivity contribution is 6.33. The lowest BCUT2D eigenvalue weighted by atomic mass is 9.95. The maximum Gasteiger partial charge on any atom is 0.417 e. The number of carbonyl (C=O) groups is 1. The highest BCUT2D eigenvalue weighted by Gasteiger charge is 2.35. The van der Waals surface area contributed by atoms with Crippen LogP contribution in [0.15, 0.2) is 12.3 Å². The van der Waals surface area contributed by atoms with Gasteiger partial charge >= 0.3 is 12.4 Å². The molecule has 2 aliphatic heterocycles. The predicted octanol–water partition coefficient (Wildman–Crippen LogP) is 4.07. The Labute approximate surface area is 180 Å². The van der Waals surface area contributed by atoms with Crippen molar-refractivity contribution in [3.63, 3.8) is 0 Å². The summed E-state index contributed by atoms with van der Waals surface area (Å²) in [6.45, 7) is 0.968. The minimum atomic E-state index is -4.53. The summed E-state index contributed by atoms with van der Waals surface area (Å²) in [5.41, 5.74) is -0.924. The van der Waals surface area contributed by atoms with E-state index in [1.54, 1.807) is 9.80 Å². The van der Waals surface area contributed by atoms with Gasteiger partial charge in [-0.25, -0.2) is 4.98 Å². The van der Waals surface area contributed by atoms with Crippen molar-refractivity contribution >= 4 is 23.3 Å². The lowest BCUT2D eigenvalue weighted by Crippen LogP contribution is -2.44. The number of piperidine rings is 1. The summed E-state index contributed by atoms with van der Waals surface area (Å²) < 4.78 is 76.2. The van der Waals surface area contributed by atoms with Crippen LogP contribution >= 0.6 is 11.6 Å². The van der Waals surface area contributed by atoms with Gasteiger partial charge in [0.05, 0.1) is 17.1 Å². The molecule has 12 heteroatoms. The summed E-state index contributed by atoms with van der Waals surface area (Å²) in [5, 5.41) is -0.100. The Morgan fingerprint density at radius 1 is 1.03 bits per heavy atom. The van der Waals surface area contributed by atoms with Crippen molar-refractivity contribution in [3.05, 3.63) is 22.8 Å². The van der Waals surface area contributed by atoms with Gasteiger partial charge in [-0.15, -0.1) is 0 Å². The second-order valence-corrected chi connectivity index (χ2v) is 8.27. The van der Waals surface area contributed by atoms with Crippen LogP contribution in [0, 0.1) is 5.92 Å². The zero-order valence-corrected chi connectivity index (χ0v) is 17.4. The SMILES string of the molecule is O=C(C1CCN(c2ncc(C(F)(F)F)cc2Cl)CC1)N1CCCN(CC(F)(F)F)CC1. The average molecular weight is 473 g/mol. The molecule has 1 aromatic heterocycles. The molecule has 0 N–H and O–H groups in total. The number of carbonyl (C=O) groups excluding carboxylic acids is 1. The lowest BCUT2D eigenvalue weighted by Gasteiger charge is -2.35. The Morgan fingerprint density at radius 3 is 2.29 bits per heavy atom. The third-order valence-electron chi connectivity index (χ3n) is 5.60. The standard InChI is InChI=1S/C19H23ClF6N4O/c20-15-10-14(19(24,25)26)11-27-16(15)29-6-2-13(3-7-29)17(31)30-5-1-4-28(8-9-30)12-18(21,22)23/h10-11,13H,1-9,12H2. The third-order valence-corrected chi connectivity index (χ3v) is 5.87. The van der Waals surface area contributed by atoms with E-state index in [1.807, 2.05) is 0 Å². The maximum absolute atomic E-state index is 12.9. The van der Waals surface area contributed by atoms with E-state index >= 15 is 0 Å². The van der Waals surface area contributed by atoms with Gasteiger partial charge in [-0.2, -0.15) is 26.3 Å². The van der Waals surface area contributed by atoms with E-state index in [0.29, 0.717) is 45.4 Å². The van der Waals surface area contributed by atoms with Crippen LogP contribution < -0.4 is 4.90 Å². The van der Waals surface area contributed by atoms with E-state index in [2.05, 4.69) is 4.98 Å². The highest BCUT2D eigenvalue weighted by Crippen LogP contribution is 2.35. The second kappa shape index (κ2) is 9.40. The van der Waals surface area contributed by atoms with Gasteiger partial charge in [-0.3, -0.25) is 9.69 Å². The van der Waals surface area contributed by atoms with Crippen LogP contribution in [-0.4, -0.2) is 72.7 Å². The quantitative estimate of drug-likeness (QED) is 0.622. The van der Waals surface area contributed by atoms with Gasteiger partial charge < -0.3 is 9.80 Å². The van der Waals surface area contributed by atoms with E-state index in [0.717, 1.165) is 12.3 Å². The minimum Gasteiger partial charge on any atom is -0.355 e. The van der Waals surface area contributed by atoms with Gasteiger partial charge in [-0.1, -0.05) is 11.6 Å². The van der Waals surface area contributed by atoms with Gasteiger partial charge in [0, 0.05) is 51.4 Å². The van der Waals surface area contributed by atoms with Crippen LogP contribution in [-0.2, 0) is 11.0 Å². The molecule has 0 bridgehead atoms. The number of pyridine rings is 1. The maximum atomic E-state index is 12.9. The molecular weight excluding hydrogens is 450 g/mol. The van der Waals surface area contributed by atoms with Crippen molar-refractivity contribution < 1.29 is 31.1 Å². The molecule has 0 aromatic carbocycles. The van der Waals surface area contributed by atoms with E-state index in [4.69, 9.17) is 11.6 Å². The number of hydrogen-bond donors (Lipinski definition) is 0. The average Bonchev–Trinajstić information content (AvgIpc) is 2.91. The predicted molar refractivity (Wildman–Crippen MR) is 103 cm³/mol. The van der Waals surface area contributed by atoms with Gasteiger partial charge in [0.2, 0.25) is 5.91 Å². The molecule has 1 amide bonds. The molecule has 5 nitrogen and oxygen atoms in total. The smallest absolute Gasteiger partial charge is 0.355 e. The van der Waals surface area contributed by atoms with E-state index in [9.17, 15) is 31.1 Å². The molecular formula is C19H23ClF6N4O. The fraction of sp³-hybridized carbons (Fsp3) is 0.684. The first kappa shape index (κ1) is 23.9. The highest BCUT2D eigenvalue weighted by atomic mass is 35.5. The summed E-state index contributed by atoms with van der Waals surface area (Å²) in [6, 6.07) is 0.838. The number of amides is 1. The van der Waals surface area contributed by atoms with Gasteiger partial charge in [0.1, 0.15) is 5.82 Å². The van der Waals surface area contributed by atoms with Crippen molar-refractivity contribution in [2.45, 2.75) is 31.6 Å². The molecule has 31 heavy (non-hydrogen) atoms. The number of alkyl halides is 6. The van der Waals surface area contributed by atoms with E-state index in [-0.39, 0.29) is 35.8 Å². The zero-order chi connectivity index (χ0) is 22.8. The number of anilines is 1. The largest absolute Gasteiger partial charge is 0.417 e. The molecule has 0 atom stereocenters. The molecule has 1 aromatic rings. The lowest BCUT2D eigenvalue weighted by molar-refractivity contribution is -0.145. The number of hydrogen-bond acceptors (Lipinski definition) is 4. The van der Waals surface area contributed by atoms with Gasteiger partial charge in [-0.05, 0) is 25.3 Å². The molecule has 0 aliphatic carbocycles. The van der Waals surface area contributed by atoms with Crippen LogP contribution in [0.3, 0.4) is 0 Å².